The van der Waals surface area contributed by atoms with Gasteiger partial charge in [-0.2, -0.15) is 0 Å². The zero-order valence-corrected chi connectivity index (χ0v) is 18.0. The number of thioether (sulfide) groups is 1. The minimum Gasteiger partial charge on any atom is -0.411 e. The van der Waals surface area contributed by atoms with Gasteiger partial charge in [-0.3, -0.25) is 4.79 Å². The van der Waals surface area contributed by atoms with Crippen molar-refractivity contribution in [3.63, 3.8) is 0 Å². The van der Waals surface area contributed by atoms with Crippen LogP contribution in [-0.2, 0) is 4.79 Å². The van der Waals surface area contributed by atoms with E-state index in [0.717, 1.165) is 24.3 Å². The van der Waals surface area contributed by atoms with Gasteiger partial charge in [0.1, 0.15) is 0 Å². The predicted molar refractivity (Wildman–Crippen MR) is 118 cm³/mol. The van der Waals surface area contributed by atoms with Gasteiger partial charge in [0.15, 0.2) is 0 Å². The molecule has 0 aliphatic rings. The highest BCUT2D eigenvalue weighted by Gasteiger charge is 2.12. The van der Waals surface area contributed by atoms with Gasteiger partial charge < -0.3 is 14.6 Å². The number of benzene rings is 2. The van der Waals surface area contributed by atoms with Crippen molar-refractivity contribution < 1.29 is 9.21 Å². The van der Waals surface area contributed by atoms with Crippen molar-refractivity contribution in [3.05, 3.63) is 59.1 Å². The molecular weight excluding hydrogens is 408 g/mol. The summed E-state index contributed by atoms with van der Waals surface area (Å²) in [6.45, 7) is 6.38. The van der Waals surface area contributed by atoms with Gasteiger partial charge in [0.25, 0.3) is 5.22 Å². The van der Waals surface area contributed by atoms with E-state index in [9.17, 15) is 4.79 Å². The molecular formula is C21H23ClN4O2S. The van der Waals surface area contributed by atoms with E-state index in [-0.39, 0.29) is 11.7 Å². The molecule has 0 aliphatic carbocycles. The first-order valence-electron chi connectivity index (χ1n) is 9.35. The SMILES string of the molecule is CCN(CCNC(=O)CSc1nnc(-c2ccc(Cl)cc2)o1)c1cccc(C)c1. The van der Waals surface area contributed by atoms with Gasteiger partial charge in [-0.25, -0.2) is 0 Å². The molecule has 0 saturated heterocycles. The van der Waals surface area contributed by atoms with Crippen LogP contribution in [0.25, 0.3) is 11.5 Å². The largest absolute Gasteiger partial charge is 0.411 e. The summed E-state index contributed by atoms with van der Waals surface area (Å²) in [7, 11) is 0. The van der Waals surface area contributed by atoms with E-state index in [1.807, 2.05) is 18.2 Å². The maximum absolute atomic E-state index is 12.1. The fourth-order valence-corrected chi connectivity index (χ4v) is 3.50. The van der Waals surface area contributed by atoms with E-state index >= 15 is 0 Å². The van der Waals surface area contributed by atoms with Crippen LogP contribution >= 0.6 is 23.4 Å². The third kappa shape index (κ3) is 6.24. The van der Waals surface area contributed by atoms with Crippen LogP contribution in [0, 0.1) is 6.92 Å². The molecule has 1 aromatic heterocycles. The Hall–Kier alpha value is -2.51. The van der Waals surface area contributed by atoms with Crippen LogP contribution in [0.1, 0.15) is 12.5 Å². The normalized spacial score (nSPS) is 10.7. The molecule has 0 saturated carbocycles. The molecule has 8 heteroatoms. The molecule has 0 fully saturated rings. The quantitative estimate of drug-likeness (QED) is 0.506. The molecule has 1 amide bonds. The van der Waals surface area contributed by atoms with Crippen molar-refractivity contribution in [1.82, 2.24) is 15.5 Å². The number of amides is 1. The number of halogens is 1. The summed E-state index contributed by atoms with van der Waals surface area (Å²) in [4.78, 5) is 14.4. The number of nitrogens with zero attached hydrogens (tertiary/aromatic N) is 3. The van der Waals surface area contributed by atoms with Gasteiger partial charge in [0, 0.05) is 35.9 Å². The molecule has 1 heterocycles. The second kappa shape index (κ2) is 10.3. The summed E-state index contributed by atoms with van der Waals surface area (Å²) in [6, 6.07) is 15.5. The molecule has 1 N–H and O–H groups in total. The number of carbonyl (C=O) groups is 1. The number of hydrogen-bond acceptors (Lipinski definition) is 6. The van der Waals surface area contributed by atoms with Crippen molar-refractivity contribution in [2.45, 2.75) is 19.1 Å². The highest BCUT2D eigenvalue weighted by Crippen LogP contribution is 2.24. The predicted octanol–water partition coefficient (Wildman–Crippen LogP) is 4.43. The monoisotopic (exact) mass is 430 g/mol. The Morgan fingerprint density at radius 2 is 2.00 bits per heavy atom. The number of carbonyl (C=O) groups excluding carboxylic acids is 1. The van der Waals surface area contributed by atoms with Gasteiger partial charge in [-0.15, -0.1) is 10.2 Å². The minimum atomic E-state index is -0.0680. The third-order valence-corrected chi connectivity index (χ3v) is 5.35. The standard InChI is InChI=1S/C21H23ClN4O2S/c1-3-26(18-6-4-5-15(2)13-18)12-11-23-19(27)14-29-21-25-24-20(28-21)16-7-9-17(22)10-8-16/h4-10,13H,3,11-12,14H2,1-2H3,(H,23,27). The van der Waals surface area contributed by atoms with Crippen LogP contribution in [-0.4, -0.2) is 41.5 Å². The van der Waals surface area contributed by atoms with Crippen LogP contribution in [0.4, 0.5) is 5.69 Å². The average Bonchev–Trinajstić information content (AvgIpc) is 3.19. The van der Waals surface area contributed by atoms with Gasteiger partial charge in [0.2, 0.25) is 11.8 Å². The molecule has 152 valence electrons. The van der Waals surface area contributed by atoms with Crippen LogP contribution in [0.2, 0.25) is 5.02 Å². The van der Waals surface area contributed by atoms with Crippen molar-refractivity contribution in [2.24, 2.45) is 0 Å². The Labute approximate surface area is 179 Å². The number of anilines is 1. The lowest BCUT2D eigenvalue weighted by molar-refractivity contribution is -0.118. The molecule has 0 bridgehead atoms. The Morgan fingerprint density at radius 3 is 2.72 bits per heavy atom. The molecule has 29 heavy (non-hydrogen) atoms. The van der Waals surface area contributed by atoms with E-state index < -0.39 is 0 Å². The first kappa shape index (κ1) is 21.2. The fourth-order valence-electron chi connectivity index (χ4n) is 2.78. The number of rotatable bonds is 9. The van der Waals surface area contributed by atoms with Crippen LogP contribution < -0.4 is 10.2 Å². The summed E-state index contributed by atoms with van der Waals surface area (Å²) in [5.41, 5.74) is 3.17. The zero-order chi connectivity index (χ0) is 20.6. The minimum absolute atomic E-state index is 0.0680. The summed E-state index contributed by atoms with van der Waals surface area (Å²) in [5, 5.41) is 11.9. The molecule has 6 nitrogen and oxygen atoms in total. The van der Waals surface area contributed by atoms with Gasteiger partial charge >= 0.3 is 0 Å². The Bertz CT molecular complexity index is 946. The van der Waals surface area contributed by atoms with Gasteiger partial charge in [-0.05, 0) is 55.8 Å². The molecule has 2 aromatic carbocycles. The molecule has 3 aromatic rings. The van der Waals surface area contributed by atoms with E-state index in [1.54, 1.807) is 12.1 Å². The lowest BCUT2D eigenvalue weighted by Gasteiger charge is -2.23. The zero-order valence-electron chi connectivity index (χ0n) is 16.4. The summed E-state index contributed by atoms with van der Waals surface area (Å²) in [5.74, 6) is 0.557. The van der Waals surface area contributed by atoms with Crippen molar-refractivity contribution >= 4 is 35.0 Å². The number of nitrogens with one attached hydrogen (secondary N) is 1. The lowest BCUT2D eigenvalue weighted by atomic mass is 10.2. The van der Waals surface area contributed by atoms with E-state index in [0.29, 0.717) is 22.7 Å². The second-order valence-corrected chi connectivity index (χ2v) is 7.80. The molecule has 0 spiro atoms. The summed E-state index contributed by atoms with van der Waals surface area (Å²) >= 11 is 7.10. The van der Waals surface area contributed by atoms with Crippen LogP contribution in [0.15, 0.2) is 58.2 Å². The first-order chi connectivity index (χ1) is 14.0. The highest BCUT2D eigenvalue weighted by molar-refractivity contribution is 7.99. The number of hydrogen-bond donors (Lipinski definition) is 1. The Kier molecular flexibility index (Phi) is 7.55. The van der Waals surface area contributed by atoms with Crippen LogP contribution in [0.5, 0.6) is 0 Å². The van der Waals surface area contributed by atoms with E-state index in [2.05, 4.69) is 52.5 Å². The molecule has 0 aliphatic heterocycles. The van der Waals surface area contributed by atoms with Crippen molar-refractivity contribution in [3.8, 4) is 11.5 Å². The lowest BCUT2D eigenvalue weighted by Crippen LogP contribution is -2.35. The fraction of sp³-hybridized carbons (Fsp3) is 0.286. The average molecular weight is 431 g/mol. The highest BCUT2D eigenvalue weighted by atomic mass is 35.5. The number of aryl methyl sites for hydroxylation is 1. The van der Waals surface area contributed by atoms with Crippen LogP contribution in [0.3, 0.4) is 0 Å². The van der Waals surface area contributed by atoms with E-state index in [4.69, 9.17) is 16.0 Å². The molecule has 0 unspecified atom stereocenters. The first-order valence-corrected chi connectivity index (χ1v) is 10.7. The van der Waals surface area contributed by atoms with Gasteiger partial charge in [-0.1, -0.05) is 35.5 Å². The molecule has 0 atom stereocenters. The smallest absolute Gasteiger partial charge is 0.277 e. The topological polar surface area (TPSA) is 71.3 Å². The Morgan fingerprint density at radius 1 is 1.21 bits per heavy atom. The van der Waals surface area contributed by atoms with Gasteiger partial charge in [0.05, 0.1) is 5.75 Å². The van der Waals surface area contributed by atoms with Crippen molar-refractivity contribution in [1.29, 1.82) is 0 Å². The molecule has 3 rings (SSSR count). The second-order valence-electron chi connectivity index (χ2n) is 6.44. The van der Waals surface area contributed by atoms with Crippen molar-refractivity contribution in [2.75, 3.05) is 30.3 Å². The number of likely N-dealkylation sites (N-methyl/N-ethyl adjacent to an activating group) is 1. The summed E-state index contributed by atoms with van der Waals surface area (Å²) < 4.78 is 5.60. The maximum atomic E-state index is 12.1. The Balaban J connectivity index is 1.43. The number of aromatic nitrogens is 2. The maximum Gasteiger partial charge on any atom is 0.277 e. The molecule has 0 radical (unpaired) electrons. The third-order valence-electron chi connectivity index (χ3n) is 4.28. The van der Waals surface area contributed by atoms with E-state index in [1.165, 1.54) is 17.3 Å². The summed E-state index contributed by atoms with van der Waals surface area (Å²) in [6.07, 6.45) is 0.